The summed E-state index contributed by atoms with van der Waals surface area (Å²) in [6.45, 7) is 5.08. The lowest BCUT2D eigenvalue weighted by atomic mass is 9.89. The summed E-state index contributed by atoms with van der Waals surface area (Å²) in [7, 11) is 0. The van der Waals surface area contributed by atoms with E-state index in [0.717, 1.165) is 30.1 Å². The number of aliphatic hydroxyl groups excluding tert-OH is 1. The van der Waals surface area contributed by atoms with Gasteiger partial charge in [-0.2, -0.15) is 0 Å². The number of carbonyl (C=O) groups is 1. The van der Waals surface area contributed by atoms with E-state index in [1.54, 1.807) is 0 Å². The molecule has 3 fully saturated rings. The molecule has 2 bridgehead atoms. The smallest absolute Gasteiger partial charge is 0.223 e. The summed E-state index contributed by atoms with van der Waals surface area (Å²) >= 11 is 0. The maximum Gasteiger partial charge on any atom is 0.223 e. The highest BCUT2D eigenvalue weighted by atomic mass is 16.3. The number of hydrogen-bond donors (Lipinski definition) is 2. The molecule has 4 unspecified atom stereocenters. The predicted molar refractivity (Wildman–Crippen MR) is 69.8 cm³/mol. The van der Waals surface area contributed by atoms with Gasteiger partial charge in [0.15, 0.2) is 0 Å². The minimum absolute atomic E-state index is 0.00733. The topological polar surface area (TPSA) is 49.3 Å². The molecule has 0 aromatic carbocycles. The second-order valence-electron chi connectivity index (χ2n) is 7.37. The third-order valence-electron chi connectivity index (χ3n) is 5.57. The average Bonchev–Trinajstić information content (AvgIpc) is 2.75. The molecular formula is C15H25NO2. The van der Waals surface area contributed by atoms with Crippen LogP contribution in [0.5, 0.6) is 0 Å². The molecule has 1 amide bonds. The fourth-order valence-electron chi connectivity index (χ4n) is 4.51. The monoisotopic (exact) mass is 251 g/mol. The summed E-state index contributed by atoms with van der Waals surface area (Å²) in [6, 6.07) is 0. The molecule has 2 N–H and O–H groups in total. The average molecular weight is 251 g/mol. The molecule has 0 aliphatic heterocycles. The molecule has 0 spiro atoms. The Morgan fingerprint density at radius 2 is 1.89 bits per heavy atom. The quantitative estimate of drug-likeness (QED) is 0.783. The maximum absolute atomic E-state index is 12.2. The molecule has 0 aromatic heterocycles. The molecule has 3 aliphatic rings. The predicted octanol–water partition coefficient (Wildman–Crippen LogP) is 1.80. The van der Waals surface area contributed by atoms with Gasteiger partial charge >= 0.3 is 0 Å². The van der Waals surface area contributed by atoms with Crippen LogP contribution < -0.4 is 5.32 Å². The standard InChI is InChI=1S/C15H25NO2/c1-15(2,5-6-17)8-16-14(18)13-11-9-3-4-10(7-9)12(11)13/h9-13,17H,3-8H2,1-2H3,(H,16,18). The van der Waals surface area contributed by atoms with Gasteiger partial charge in [0.05, 0.1) is 0 Å². The molecule has 3 aliphatic carbocycles. The van der Waals surface area contributed by atoms with Crippen LogP contribution in [-0.2, 0) is 4.79 Å². The first-order valence-corrected chi connectivity index (χ1v) is 7.42. The lowest BCUT2D eigenvalue weighted by Crippen LogP contribution is -2.36. The van der Waals surface area contributed by atoms with Gasteiger partial charge in [0.1, 0.15) is 0 Å². The van der Waals surface area contributed by atoms with Crippen LogP contribution in [0.15, 0.2) is 0 Å². The van der Waals surface area contributed by atoms with Crippen molar-refractivity contribution in [3.63, 3.8) is 0 Å². The van der Waals surface area contributed by atoms with Crippen molar-refractivity contribution in [1.29, 1.82) is 0 Å². The SMILES string of the molecule is CC(C)(CCO)CNC(=O)C1C2C3CCC(C3)C12. The van der Waals surface area contributed by atoms with E-state index in [-0.39, 0.29) is 17.9 Å². The summed E-state index contributed by atoms with van der Waals surface area (Å²) in [4.78, 5) is 12.2. The van der Waals surface area contributed by atoms with Crippen LogP contribution in [0.2, 0.25) is 0 Å². The molecule has 3 heteroatoms. The third kappa shape index (κ3) is 1.97. The molecule has 3 rings (SSSR count). The van der Waals surface area contributed by atoms with Gasteiger partial charge < -0.3 is 10.4 Å². The third-order valence-corrected chi connectivity index (χ3v) is 5.57. The molecule has 18 heavy (non-hydrogen) atoms. The summed E-state index contributed by atoms with van der Waals surface area (Å²) in [5.74, 6) is 3.80. The first-order chi connectivity index (χ1) is 8.53. The lowest BCUT2D eigenvalue weighted by molar-refractivity contribution is -0.123. The fourth-order valence-corrected chi connectivity index (χ4v) is 4.51. The Balaban J connectivity index is 1.49. The zero-order chi connectivity index (χ0) is 12.9. The number of carbonyl (C=O) groups excluding carboxylic acids is 1. The summed E-state index contributed by atoms with van der Waals surface area (Å²) in [5.41, 5.74) is 0.00733. The van der Waals surface area contributed by atoms with Crippen molar-refractivity contribution in [2.75, 3.05) is 13.2 Å². The zero-order valence-electron chi connectivity index (χ0n) is 11.5. The highest BCUT2D eigenvalue weighted by Crippen LogP contribution is 2.69. The number of aliphatic hydroxyl groups is 1. The van der Waals surface area contributed by atoms with Gasteiger partial charge in [-0.25, -0.2) is 0 Å². The molecule has 0 radical (unpaired) electrons. The van der Waals surface area contributed by atoms with Crippen molar-refractivity contribution in [2.24, 2.45) is 35.0 Å². The molecule has 0 aromatic rings. The number of hydrogen-bond acceptors (Lipinski definition) is 2. The molecular weight excluding hydrogens is 226 g/mol. The summed E-state index contributed by atoms with van der Waals surface area (Å²) < 4.78 is 0. The van der Waals surface area contributed by atoms with Gasteiger partial charge in [-0.15, -0.1) is 0 Å². The number of nitrogens with one attached hydrogen (secondary N) is 1. The van der Waals surface area contributed by atoms with Crippen molar-refractivity contribution in [3.05, 3.63) is 0 Å². The minimum atomic E-state index is 0.00733. The van der Waals surface area contributed by atoms with Crippen LogP contribution in [-0.4, -0.2) is 24.2 Å². The van der Waals surface area contributed by atoms with E-state index in [4.69, 9.17) is 5.11 Å². The molecule has 0 saturated heterocycles. The van der Waals surface area contributed by atoms with Crippen LogP contribution in [0.3, 0.4) is 0 Å². The van der Waals surface area contributed by atoms with Crippen LogP contribution in [0.4, 0.5) is 0 Å². The first kappa shape index (κ1) is 12.5. The Morgan fingerprint density at radius 3 is 2.44 bits per heavy atom. The first-order valence-electron chi connectivity index (χ1n) is 7.42. The Hall–Kier alpha value is -0.570. The fraction of sp³-hybridized carbons (Fsp3) is 0.933. The highest BCUT2D eigenvalue weighted by Gasteiger charge is 2.67. The Kier molecular flexibility index (Phi) is 2.92. The van der Waals surface area contributed by atoms with Crippen molar-refractivity contribution in [3.8, 4) is 0 Å². The van der Waals surface area contributed by atoms with Gasteiger partial charge in [-0.05, 0) is 54.8 Å². The Bertz CT molecular complexity index is 336. The van der Waals surface area contributed by atoms with Crippen molar-refractivity contribution < 1.29 is 9.90 Å². The van der Waals surface area contributed by atoms with E-state index in [2.05, 4.69) is 19.2 Å². The number of amides is 1. The molecule has 4 atom stereocenters. The zero-order valence-corrected chi connectivity index (χ0v) is 11.5. The molecule has 3 saturated carbocycles. The van der Waals surface area contributed by atoms with Crippen molar-refractivity contribution in [2.45, 2.75) is 39.5 Å². The maximum atomic E-state index is 12.2. The van der Waals surface area contributed by atoms with E-state index in [9.17, 15) is 4.79 Å². The molecule has 3 nitrogen and oxygen atoms in total. The van der Waals surface area contributed by atoms with Gasteiger partial charge in [0.2, 0.25) is 5.91 Å². The van der Waals surface area contributed by atoms with Gasteiger partial charge in [0, 0.05) is 19.1 Å². The van der Waals surface area contributed by atoms with Crippen LogP contribution in [0, 0.1) is 35.0 Å². The van der Waals surface area contributed by atoms with Crippen LogP contribution >= 0.6 is 0 Å². The van der Waals surface area contributed by atoms with Crippen molar-refractivity contribution in [1.82, 2.24) is 5.32 Å². The number of rotatable bonds is 5. The number of fused-ring (bicyclic) bond motifs is 5. The largest absolute Gasteiger partial charge is 0.396 e. The Labute approximate surface area is 109 Å². The second kappa shape index (κ2) is 4.22. The highest BCUT2D eigenvalue weighted by molar-refractivity contribution is 5.82. The van der Waals surface area contributed by atoms with Gasteiger partial charge in [0.25, 0.3) is 0 Å². The summed E-state index contributed by atoms with van der Waals surface area (Å²) in [5, 5.41) is 12.1. The van der Waals surface area contributed by atoms with Crippen LogP contribution in [0.1, 0.15) is 39.5 Å². The Morgan fingerprint density at radius 1 is 1.28 bits per heavy atom. The van der Waals surface area contributed by atoms with E-state index in [0.29, 0.717) is 12.5 Å². The van der Waals surface area contributed by atoms with E-state index in [1.165, 1.54) is 19.3 Å². The van der Waals surface area contributed by atoms with E-state index in [1.807, 2.05) is 0 Å². The van der Waals surface area contributed by atoms with Gasteiger partial charge in [-0.1, -0.05) is 13.8 Å². The van der Waals surface area contributed by atoms with E-state index < -0.39 is 0 Å². The van der Waals surface area contributed by atoms with Crippen molar-refractivity contribution >= 4 is 5.91 Å². The van der Waals surface area contributed by atoms with E-state index >= 15 is 0 Å². The minimum Gasteiger partial charge on any atom is -0.396 e. The lowest BCUT2D eigenvalue weighted by Gasteiger charge is -2.24. The van der Waals surface area contributed by atoms with Crippen LogP contribution in [0.25, 0.3) is 0 Å². The molecule has 0 heterocycles. The second-order valence-corrected chi connectivity index (χ2v) is 7.37. The molecule has 102 valence electrons. The van der Waals surface area contributed by atoms with Gasteiger partial charge in [-0.3, -0.25) is 4.79 Å². The normalized spacial score (nSPS) is 40.7. The summed E-state index contributed by atoms with van der Waals surface area (Å²) in [6.07, 6.45) is 4.88.